The first-order chi connectivity index (χ1) is 8.41. The normalized spacial score (nSPS) is 14.0. The van der Waals surface area contributed by atoms with Gasteiger partial charge in [0.15, 0.2) is 0 Å². The number of amides is 1. The number of aliphatic hydroxyl groups excluding tert-OH is 2. The van der Waals surface area contributed by atoms with Gasteiger partial charge < -0.3 is 20.6 Å². The summed E-state index contributed by atoms with van der Waals surface area (Å²) in [4.78, 5) is 14.6. The van der Waals surface area contributed by atoms with Gasteiger partial charge in [0.1, 0.15) is 17.5 Å². The molecule has 0 fully saturated rings. The Morgan fingerprint density at radius 1 is 1.44 bits per heavy atom. The molecule has 6 nitrogen and oxygen atoms in total. The van der Waals surface area contributed by atoms with E-state index in [-0.39, 0.29) is 30.3 Å². The minimum absolute atomic E-state index is 0.0466. The van der Waals surface area contributed by atoms with Crippen LogP contribution in [-0.2, 0) is 4.79 Å². The first-order valence-electron chi connectivity index (χ1n) is 5.69. The molecule has 0 radical (unpaired) electrons. The van der Waals surface area contributed by atoms with E-state index in [4.69, 9.17) is 0 Å². The van der Waals surface area contributed by atoms with Gasteiger partial charge in [-0.1, -0.05) is 0 Å². The molecule has 0 saturated carbocycles. The summed E-state index contributed by atoms with van der Waals surface area (Å²) in [7, 11) is 0. The minimum Gasteiger partial charge on any atom is -0.506 e. The summed E-state index contributed by atoms with van der Waals surface area (Å²) in [6, 6.07) is 3.02. The number of aryl methyl sites for hydroxylation is 1. The molecule has 0 saturated heterocycles. The molecule has 2 atom stereocenters. The van der Waals surface area contributed by atoms with Gasteiger partial charge in [-0.3, -0.25) is 9.78 Å². The van der Waals surface area contributed by atoms with Crippen LogP contribution in [0.25, 0.3) is 0 Å². The first kappa shape index (κ1) is 14.4. The Kier molecular flexibility index (Phi) is 5.06. The number of nitrogens with one attached hydrogen (secondary N) is 1. The third-order valence-corrected chi connectivity index (χ3v) is 2.50. The van der Waals surface area contributed by atoms with Crippen molar-refractivity contribution in [3.8, 4) is 5.75 Å². The van der Waals surface area contributed by atoms with Crippen molar-refractivity contribution in [2.24, 2.45) is 0 Å². The molecule has 0 aliphatic heterocycles. The Hall–Kier alpha value is -1.66. The zero-order valence-electron chi connectivity index (χ0n) is 10.4. The van der Waals surface area contributed by atoms with Crippen LogP contribution in [0.15, 0.2) is 12.1 Å². The summed E-state index contributed by atoms with van der Waals surface area (Å²) in [5.74, 6) is -0.361. The van der Waals surface area contributed by atoms with Crippen molar-refractivity contribution in [2.45, 2.75) is 32.5 Å². The minimum atomic E-state index is -1.28. The predicted octanol–water partition coefficient (Wildman–Crippen LogP) is 0.0161. The molecule has 100 valence electrons. The maximum atomic E-state index is 10.7. The molecule has 6 heteroatoms. The van der Waals surface area contributed by atoms with Crippen molar-refractivity contribution in [1.29, 1.82) is 0 Å². The molecule has 0 aliphatic rings. The highest BCUT2D eigenvalue weighted by molar-refractivity contribution is 5.72. The fraction of sp³-hybridized carbons (Fsp3) is 0.500. The number of nitrogens with zero attached hydrogens (tertiary/aromatic N) is 1. The zero-order valence-corrected chi connectivity index (χ0v) is 10.4. The largest absolute Gasteiger partial charge is 0.506 e. The molecule has 1 heterocycles. The summed E-state index contributed by atoms with van der Waals surface area (Å²) in [5, 5.41) is 31.7. The Morgan fingerprint density at radius 2 is 2.11 bits per heavy atom. The third-order valence-electron chi connectivity index (χ3n) is 2.50. The van der Waals surface area contributed by atoms with Crippen molar-refractivity contribution in [3.63, 3.8) is 0 Å². The van der Waals surface area contributed by atoms with Gasteiger partial charge in [0.05, 0.1) is 6.10 Å². The Balaban J connectivity index is 2.64. The smallest absolute Gasteiger partial charge is 0.216 e. The second-order valence-corrected chi connectivity index (χ2v) is 4.14. The molecular formula is C12H18N2O4. The first-order valence-corrected chi connectivity index (χ1v) is 5.69. The van der Waals surface area contributed by atoms with Gasteiger partial charge in [-0.25, -0.2) is 0 Å². The molecule has 1 amide bonds. The van der Waals surface area contributed by atoms with Gasteiger partial charge in [0, 0.05) is 19.2 Å². The van der Waals surface area contributed by atoms with E-state index in [2.05, 4.69) is 10.3 Å². The lowest BCUT2D eigenvalue weighted by Crippen LogP contribution is -2.28. The van der Waals surface area contributed by atoms with Gasteiger partial charge in [0.2, 0.25) is 5.91 Å². The highest BCUT2D eigenvalue weighted by Crippen LogP contribution is 2.25. The van der Waals surface area contributed by atoms with E-state index in [1.54, 1.807) is 13.0 Å². The monoisotopic (exact) mass is 254 g/mol. The maximum absolute atomic E-state index is 10.7. The van der Waals surface area contributed by atoms with Crippen LogP contribution >= 0.6 is 0 Å². The van der Waals surface area contributed by atoms with Gasteiger partial charge in [0.25, 0.3) is 0 Å². The van der Waals surface area contributed by atoms with E-state index in [1.165, 1.54) is 13.0 Å². The van der Waals surface area contributed by atoms with Crippen molar-refractivity contribution in [3.05, 3.63) is 23.5 Å². The topological polar surface area (TPSA) is 103 Å². The fourth-order valence-electron chi connectivity index (χ4n) is 1.52. The standard InChI is InChI=1S/C12H18N2O4/c1-7-3-4-9(16)11(14-7)12(18)10(17)5-6-13-8(2)15/h3-4,10,12,16-18H,5-6H2,1-2H3,(H,13,15). The highest BCUT2D eigenvalue weighted by Gasteiger charge is 2.22. The van der Waals surface area contributed by atoms with Crippen LogP contribution < -0.4 is 5.32 Å². The molecular weight excluding hydrogens is 236 g/mol. The number of hydrogen-bond acceptors (Lipinski definition) is 5. The number of aromatic nitrogens is 1. The molecule has 0 spiro atoms. The van der Waals surface area contributed by atoms with Crippen molar-refractivity contribution < 1.29 is 20.1 Å². The molecule has 2 unspecified atom stereocenters. The molecule has 1 rings (SSSR count). The van der Waals surface area contributed by atoms with Crippen LogP contribution in [0.2, 0.25) is 0 Å². The molecule has 0 aromatic carbocycles. The SMILES string of the molecule is CC(=O)NCCC(O)C(O)c1nc(C)ccc1O. The summed E-state index contributed by atoms with van der Waals surface area (Å²) >= 11 is 0. The summed E-state index contributed by atoms with van der Waals surface area (Å²) in [6.07, 6.45) is -2.20. The number of carbonyl (C=O) groups excluding carboxylic acids is 1. The van der Waals surface area contributed by atoms with Crippen molar-refractivity contribution in [1.82, 2.24) is 10.3 Å². The molecule has 4 N–H and O–H groups in total. The van der Waals surface area contributed by atoms with E-state index in [0.29, 0.717) is 5.69 Å². The van der Waals surface area contributed by atoms with Crippen LogP contribution in [0, 0.1) is 6.92 Å². The van der Waals surface area contributed by atoms with Crippen LogP contribution in [-0.4, -0.2) is 38.9 Å². The van der Waals surface area contributed by atoms with Crippen molar-refractivity contribution in [2.75, 3.05) is 6.54 Å². The van der Waals surface area contributed by atoms with Gasteiger partial charge in [-0.05, 0) is 25.5 Å². The van der Waals surface area contributed by atoms with Crippen LogP contribution in [0.3, 0.4) is 0 Å². The number of pyridine rings is 1. The molecule has 1 aromatic rings. The van der Waals surface area contributed by atoms with E-state index in [0.717, 1.165) is 0 Å². The third kappa shape index (κ3) is 3.97. The maximum Gasteiger partial charge on any atom is 0.216 e. The average Bonchev–Trinajstić information content (AvgIpc) is 2.30. The second kappa shape index (κ2) is 6.32. The van der Waals surface area contributed by atoms with Gasteiger partial charge in [-0.2, -0.15) is 0 Å². The van der Waals surface area contributed by atoms with E-state index in [1.807, 2.05) is 0 Å². The Bertz CT molecular complexity index is 423. The number of aliphatic hydroxyl groups is 2. The van der Waals surface area contributed by atoms with Gasteiger partial charge >= 0.3 is 0 Å². The predicted molar refractivity (Wildman–Crippen MR) is 64.9 cm³/mol. The quantitative estimate of drug-likeness (QED) is 0.593. The summed E-state index contributed by atoms with van der Waals surface area (Å²) in [6.45, 7) is 3.34. The lowest BCUT2D eigenvalue weighted by Gasteiger charge is -2.18. The van der Waals surface area contributed by atoms with Crippen LogP contribution in [0.1, 0.15) is 30.8 Å². The zero-order chi connectivity index (χ0) is 13.7. The number of hydrogen-bond donors (Lipinski definition) is 4. The Morgan fingerprint density at radius 3 is 2.72 bits per heavy atom. The number of rotatable bonds is 5. The lowest BCUT2D eigenvalue weighted by atomic mass is 10.1. The van der Waals surface area contributed by atoms with Crippen LogP contribution in [0.4, 0.5) is 0 Å². The molecule has 0 bridgehead atoms. The Labute approximate surface area is 105 Å². The highest BCUT2D eigenvalue weighted by atomic mass is 16.3. The second-order valence-electron chi connectivity index (χ2n) is 4.14. The number of carbonyl (C=O) groups is 1. The van der Waals surface area contributed by atoms with Crippen LogP contribution in [0.5, 0.6) is 5.75 Å². The number of aromatic hydroxyl groups is 1. The van der Waals surface area contributed by atoms with Crippen molar-refractivity contribution >= 4 is 5.91 Å². The van der Waals surface area contributed by atoms with E-state index < -0.39 is 12.2 Å². The lowest BCUT2D eigenvalue weighted by molar-refractivity contribution is -0.119. The molecule has 1 aromatic heterocycles. The summed E-state index contributed by atoms with van der Waals surface area (Å²) < 4.78 is 0. The average molecular weight is 254 g/mol. The van der Waals surface area contributed by atoms with Gasteiger partial charge in [-0.15, -0.1) is 0 Å². The summed E-state index contributed by atoms with van der Waals surface area (Å²) in [5.41, 5.74) is 0.682. The van der Waals surface area contributed by atoms with E-state index >= 15 is 0 Å². The molecule has 18 heavy (non-hydrogen) atoms. The molecule has 0 aliphatic carbocycles. The van der Waals surface area contributed by atoms with E-state index in [9.17, 15) is 20.1 Å². The fourth-order valence-corrected chi connectivity index (χ4v) is 1.52.